The van der Waals surface area contributed by atoms with Crippen molar-refractivity contribution in [3.63, 3.8) is 0 Å². The van der Waals surface area contributed by atoms with E-state index in [1.165, 1.54) is 24.2 Å². The van der Waals surface area contributed by atoms with Crippen LogP contribution in [-0.2, 0) is 4.79 Å². The molecule has 2 amide bonds. The molecule has 0 unspecified atom stereocenters. The zero-order chi connectivity index (χ0) is 18.7. The molecule has 26 heavy (non-hydrogen) atoms. The maximum Gasteiger partial charge on any atom is 0.293 e. The van der Waals surface area contributed by atoms with Crippen LogP contribution >= 0.6 is 27.7 Å². The van der Waals surface area contributed by atoms with Gasteiger partial charge in [0.05, 0.1) is 23.6 Å². The molecule has 1 aliphatic carbocycles. The highest BCUT2D eigenvalue weighted by molar-refractivity contribution is 9.10. The Hall–Kier alpha value is -1.47. The number of thioether (sulfide) groups is 1. The lowest BCUT2D eigenvalue weighted by Crippen LogP contribution is -2.34. The number of rotatable bonds is 5. The fourth-order valence-corrected chi connectivity index (χ4v) is 4.78. The third kappa shape index (κ3) is 4.09. The highest BCUT2D eigenvalue weighted by Gasteiger charge is 2.36. The maximum atomic E-state index is 12.7. The smallest absolute Gasteiger partial charge is 0.293 e. The second-order valence-electron chi connectivity index (χ2n) is 6.53. The van der Waals surface area contributed by atoms with Crippen LogP contribution in [0.1, 0.15) is 37.7 Å². The van der Waals surface area contributed by atoms with E-state index < -0.39 is 0 Å². The summed E-state index contributed by atoms with van der Waals surface area (Å²) in [6, 6.07) is 3.58. The first kappa shape index (κ1) is 19.3. The first-order valence-electron chi connectivity index (χ1n) is 8.70. The number of methoxy groups -OCH3 is 2. The Morgan fingerprint density at radius 2 is 1.85 bits per heavy atom. The number of imide groups is 1. The summed E-state index contributed by atoms with van der Waals surface area (Å²) >= 11 is 4.44. The van der Waals surface area contributed by atoms with Gasteiger partial charge in [-0.15, -0.1) is 0 Å². The van der Waals surface area contributed by atoms with E-state index in [4.69, 9.17) is 9.47 Å². The van der Waals surface area contributed by atoms with Crippen LogP contribution in [0.3, 0.4) is 0 Å². The Morgan fingerprint density at radius 3 is 2.50 bits per heavy atom. The van der Waals surface area contributed by atoms with Crippen LogP contribution in [0.25, 0.3) is 6.08 Å². The fraction of sp³-hybridized carbons (Fsp3) is 0.474. The van der Waals surface area contributed by atoms with E-state index in [0.717, 1.165) is 34.6 Å². The number of hydrogen-bond donors (Lipinski definition) is 0. The lowest BCUT2D eigenvalue weighted by molar-refractivity contribution is -0.123. The zero-order valence-corrected chi connectivity index (χ0v) is 17.3. The predicted molar refractivity (Wildman–Crippen MR) is 106 cm³/mol. The summed E-state index contributed by atoms with van der Waals surface area (Å²) in [7, 11) is 3.14. The van der Waals surface area contributed by atoms with Crippen molar-refractivity contribution >= 4 is 44.9 Å². The molecule has 0 aromatic heterocycles. The van der Waals surface area contributed by atoms with E-state index in [1.54, 1.807) is 26.4 Å². The van der Waals surface area contributed by atoms with Crippen molar-refractivity contribution < 1.29 is 19.1 Å². The molecule has 0 N–H and O–H groups in total. The summed E-state index contributed by atoms with van der Waals surface area (Å²) in [5, 5.41) is -0.182. The van der Waals surface area contributed by atoms with E-state index in [1.807, 2.05) is 6.07 Å². The second-order valence-corrected chi connectivity index (χ2v) is 8.37. The third-order valence-corrected chi connectivity index (χ3v) is 6.36. The van der Waals surface area contributed by atoms with Crippen LogP contribution < -0.4 is 9.47 Å². The monoisotopic (exact) mass is 439 g/mol. The number of carbonyl (C=O) groups is 2. The van der Waals surface area contributed by atoms with Crippen LogP contribution in [-0.4, -0.2) is 36.8 Å². The molecule has 5 nitrogen and oxygen atoms in total. The van der Waals surface area contributed by atoms with Gasteiger partial charge in [0.15, 0.2) is 0 Å². The summed E-state index contributed by atoms with van der Waals surface area (Å²) in [5.74, 6) is 1.45. The van der Waals surface area contributed by atoms with E-state index in [0.29, 0.717) is 28.9 Å². The van der Waals surface area contributed by atoms with Crippen LogP contribution in [0, 0.1) is 5.92 Å². The van der Waals surface area contributed by atoms with Crippen molar-refractivity contribution in [2.45, 2.75) is 32.1 Å². The average molecular weight is 440 g/mol. The van der Waals surface area contributed by atoms with Crippen molar-refractivity contribution in [3.05, 3.63) is 27.1 Å². The summed E-state index contributed by atoms with van der Waals surface area (Å²) < 4.78 is 11.4. The Balaban J connectivity index is 1.82. The lowest BCUT2D eigenvalue weighted by atomic mass is 9.89. The predicted octanol–water partition coefficient (Wildman–Crippen LogP) is 5.08. The standard InChI is InChI=1S/C19H22BrNO4S/c1-24-15-10-16(25-2)14(20)8-13(15)9-17-18(22)21(19(23)26-17)11-12-6-4-3-5-7-12/h8-10,12H,3-7,11H2,1-2H3/b17-9+. The largest absolute Gasteiger partial charge is 0.496 e. The Labute approximate surface area is 166 Å². The van der Waals surface area contributed by atoms with Crippen LogP contribution in [0.5, 0.6) is 11.5 Å². The molecule has 0 bridgehead atoms. The molecule has 1 aromatic rings. The summed E-state index contributed by atoms with van der Waals surface area (Å²) in [6.45, 7) is 0.533. The molecule has 1 aromatic carbocycles. The molecule has 7 heteroatoms. The van der Waals surface area contributed by atoms with Crippen molar-refractivity contribution in [2.24, 2.45) is 5.92 Å². The molecule has 1 saturated carbocycles. The number of halogens is 1. The van der Waals surface area contributed by atoms with Crippen molar-refractivity contribution in [1.29, 1.82) is 0 Å². The Bertz CT molecular complexity index is 743. The summed E-state index contributed by atoms with van der Waals surface area (Å²) in [4.78, 5) is 26.9. The molecule has 1 aliphatic heterocycles. The van der Waals surface area contributed by atoms with Gasteiger partial charge in [-0.05, 0) is 58.6 Å². The van der Waals surface area contributed by atoms with E-state index in [2.05, 4.69) is 15.9 Å². The topological polar surface area (TPSA) is 55.8 Å². The van der Waals surface area contributed by atoms with Crippen molar-refractivity contribution in [3.8, 4) is 11.5 Å². The van der Waals surface area contributed by atoms with Crippen LogP contribution in [0.4, 0.5) is 4.79 Å². The molecule has 1 heterocycles. The summed E-state index contributed by atoms with van der Waals surface area (Å²) in [6.07, 6.45) is 7.54. The average Bonchev–Trinajstić information content (AvgIpc) is 2.90. The van der Waals surface area contributed by atoms with Gasteiger partial charge in [0.1, 0.15) is 11.5 Å². The molecular weight excluding hydrogens is 418 g/mol. The molecule has 2 aliphatic rings. The van der Waals surface area contributed by atoms with Gasteiger partial charge >= 0.3 is 0 Å². The number of ether oxygens (including phenoxy) is 2. The van der Waals surface area contributed by atoms with E-state index in [9.17, 15) is 9.59 Å². The highest BCUT2D eigenvalue weighted by Crippen LogP contribution is 2.38. The maximum absolute atomic E-state index is 12.7. The third-order valence-electron chi connectivity index (χ3n) is 4.83. The highest BCUT2D eigenvalue weighted by atomic mass is 79.9. The molecular formula is C19H22BrNO4S. The Kier molecular flexibility index (Phi) is 6.29. The van der Waals surface area contributed by atoms with Crippen LogP contribution in [0.15, 0.2) is 21.5 Å². The number of amides is 2. The Morgan fingerprint density at radius 1 is 1.15 bits per heavy atom. The molecule has 1 saturated heterocycles. The van der Waals surface area contributed by atoms with E-state index in [-0.39, 0.29) is 11.1 Å². The SMILES string of the molecule is COc1cc(OC)c(/C=C2/SC(=O)N(CC3CCCCC3)C2=O)cc1Br. The van der Waals surface area contributed by atoms with Gasteiger partial charge in [-0.25, -0.2) is 0 Å². The van der Waals surface area contributed by atoms with Gasteiger partial charge in [0.25, 0.3) is 11.1 Å². The second kappa shape index (κ2) is 8.48. The minimum absolute atomic E-state index is 0.182. The number of hydrogen-bond acceptors (Lipinski definition) is 5. The molecule has 140 valence electrons. The van der Waals surface area contributed by atoms with Gasteiger partial charge in [-0.1, -0.05) is 19.3 Å². The quantitative estimate of drug-likeness (QED) is 0.598. The normalized spacial score (nSPS) is 20.1. The van der Waals surface area contributed by atoms with Gasteiger partial charge in [-0.3, -0.25) is 14.5 Å². The van der Waals surface area contributed by atoms with Crippen LogP contribution in [0.2, 0.25) is 0 Å². The number of carbonyl (C=O) groups excluding carboxylic acids is 2. The molecule has 3 rings (SSSR count). The number of nitrogens with zero attached hydrogens (tertiary/aromatic N) is 1. The minimum atomic E-state index is -0.209. The fourth-order valence-electron chi connectivity index (χ4n) is 3.42. The zero-order valence-electron chi connectivity index (χ0n) is 14.9. The van der Waals surface area contributed by atoms with Crippen molar-refractivity contribution in [2.75, 3.05) is 20.8 Å². The molecule has 0 atom stereocenters. The summed E-state index contributed by atoms with van der Waals surface area (Å²) in [5.41, 5.74) is 0.725. The van der Waals surface area contributed by atoms with Gasteiger partial charge in [0, 0.05) is 18.2 Å². The first-order valence-corrected chi connectivity index (χ1v) is 10.3. The molecule has 2 fully saturated rings. The number of benzene rings is 1. The van der Waals surface area contributed by atoms with Gasteiger partial charge in [0.2, 0.25) is 0 Å². The molecule has 0 spiro atoms. The van der Waals surface area contributed by atoms with Crippen molar-refractivity contribution in [1.82, 2.24) is 4.90 Å². The van der Waals surface area contributed by atoms with Gasteiger partial charge in [-0.2, -0.15) is 0 Å². The molecule has 0 radical (unpaired) electrons. The minimum Gasteiger partial charge on any atom is -0.496 e. The van der Waals surface area contributed by atoms with Gasteiger partial charge < -0.3 is 9.47 Å². The first-order chi connectivity index (χ1) is 12.5. The lowest BCUT2D eigenvalue weighted by Gasteiger charge is -2.25. The van der Waals surface area contributed by atoms with E-state index >= 15 is 0 Å².